The molecule has 1 atom stereocenters. The average molecular weight is 545 g/mol. The lowest BCUT2D eigenvalue weighted by Crippen LogP contribution is -2.24. The molecule has 212 valence electrons. The molecule has 0 saturated carbocycles. The molecule has 0 amide bonds. The molecule has 40 heavy (non-hydrogen) atoms. The van der Waals surface area contributed by atoms with Crippen LogP contribution in [0, 0.1) is 0 Å². The largest absolute Gasteiger partial charge is 0.494 e. The zero-order valence-corrected chi connectivity index (χ0v) is 23.8. The van der Waals surface area contributed by atoms with Gasteiger partial charge in [0.1, 0.15) is 11.5 Å². The van der Waals surface area contributed by atoms with Gasteiger partial charge in [0.15, 0.2) is 6.10 Å². The Morgan fingerprint density at radius 2 is 1.20 bits per heavy atom. The predicted molar refractivity (Wildman–Crippen MR) is 157 cm³/mol. The molecule has 1 unspecified atom stereocenters. The SMILES string of the molecule is CCCCCCOc1ccc(-c2ccc(C(=O)Oc3ccc(C(=O)C(C)OC(=O)CCCCC)cc3)cc2)cc1. The number of Topliss-reactive ketones (excluding diaryl/α,β-unsaturated/α-hetero) is 1. The summed E-state index contributed by atoms with van der Waals surface area (Å²) in [5.41, 5.74) is 2.80. The lowest BCUT2D eigenvalue weighted by Gasteiger charge is -2.13. The molecule has 3 aromatic carbocycles. The Kier molecular flexibility index (Phi) is 12.4. The second-order valence-corrected chi connectivity index (χ2v) is 9.88. The molecule has 0 bridgehead atoms. The fraction of sp³-hybridized carbons (Fsp3) is 0.382. The molecular weight excluding hydrogens is 504 g/mol. The zero-order chi connectivity index (χ0) is 28.7. The van der Waals surface area contributed by atoms with Gasteiger partial charge in [0, 0.05) is 12.0 Å². The van der Waals surface area contributed by atoms with Gasteiger partial charge >= 0.3 is 11.9 Å². The molecule has 0 aromatic heterocycles. The van der Waals surface area contributed by atoms with Crippen LogP contribution in [0.2, 0.25) is 0 Å². The molecule has 0 aliphatic rings. The Balaban J connectivity index is 1.50. The van der Waals surface area contributed by atoms with Crippen molar-refractivity contribution in [1.29, 1.82) is 0 Å². The summed E-state index contributed by atoms with van der Waals surface area (Å²) in [6.07, 6.45) is 6.83. The summed E-state index contributed by atoms with van der Waals surface area (Å²) >= 11 is 0. The zero-order valence-electron chi connectivity index (χ0n) is 23.8. The number of carbonyl (C=O) groups excluding carboxylic acids is 3. The molecule has 3 rings (SSSR count). The van der Waals surface area contributed by atoms with Crippen LogP contribution in [0.15, 0.2) is 72.8 Å². The minimum atomic E-state index is -0.875. The van der Waals surface area contributed by atoms with Crippen molar-refractivity contribution in [3.63, 3.8) is 0 Å². The van der Waals surface area contributed by atoms with Crippen LogP contribution in [-0.2, 0) is 9.53 Å². The van der Waals surface area contributed by atoms with Gasteiger partial charge in [-0.25, -0.2) is 4.79 Å². The molecule has 6 heteroatoms. The van der Waals surface area contributed by atoms with E-state index in [1.54, 1.807) is 43.3 Å². The number of benzene rings is 3. The minimum absolute atomic E-state index is 0.302. The van der Waals surface area contributed by atoms with E-state index >= 15 is 0 Å². The minimum Gasteiger partial charge on any atom is -0.494 e. The van der Waals surface area contributed by atoms with Crippen molar-refractivity contribution in [1.82, 2.24) is 0 Å². The smallest absolute Gasteiger partial charge is 0.343 e. The summed E-state index contributed by atoms with van der Waals surface area (Å²) in [5, 5.41) is 0. The standard InChI is InChI=1S/C34H40O6/c1-4-6-8-10-24-38-30-20-16-27(17-21-30)26-12-14-29(15-13-26)34(37)40-31-22-18-28(19-23-31)33(36)25(3)39-32(35)11-9-7-5-2/h12-23,25H,4-11,24H2,1-3H3. The Morgan fingerprint density at radius 3 is 1.82 bits per heavy atom. The quantitative estimate of drug-likeness (QED) is 0.0782. The molecule has 6 nitrogen and oxygen atoms in total. The van der Waals surface area contributed by atoms with Gasteiger partial charge in [-0.1, -0.05) is 70.2 Å². The first kappa shape index (κ1) is 30.6. The van der Waals surface area contributed by atoms with Crippen molar-refractivity contribution < 1.29 is 28.6 Å². The van der Waals surface area contributed by atoms with E-state index in [1.807, 2.05) is 36.4 Å². The highest BCUT2D eigenvalue weighted by molar-refractivity contribution is 6.00. The number of rotatable bonds is 16. The van der Waals surface area contributed by atoms with Gasteiger partial charge in [0.2, 0.25) is 5.78 Å². The van der Waals surface area contributed by atoms with Crippen LogP contribution in [-0.4, -0.2) is 30.4 Å². The molecule has 0 saturated heterocycles. The van der Waals surface area contributed by atoms with Crippen molar-refractivity contribution in [2.75, 3.05) is 6.61 Å². The first-order chi connectivity index (χ1) is 19.4. The molecule has 0 aliphatic carbocycles. The summed E-state index contributed by atoms with van der Waals surface area (Å²) in [4.78, 5) is 37.2. The highest BCUT2D eigenvalue weighted by Gasteiger charge is 2.19. The van der Waals surface area contributed by atoms with E-state index in [1.165, 1.54) is 19.3 Å². The topological polar surface area (TPSA) is 78.9 Å². The van der Waals surface area contributed by atoms with E-state index in [2.05, 4.69) is 13.8 Å². The number of ether oxygens (including phenoxy) is 3. The Bertz CT molecular complexity index is 1210. The van der Waals surface area contributed by atoms with Gasteiger partial charge in [-0.15, -0.1) is 0 Å². The summed E-state index contributed by atoms with van der Waals surface area (Å²) in [5.74, 6) is 0.00642. The first-order valence-electron chi connectivity index (χ1n) is 14.3. The van der Waals surface area contributed by atoms with E-state index in [4.69, 9.17) is 14.2 Å². The Morgan fingerprint density at radius 1 is 0.650 bits per heavy atom. The normalized spacial score (nSPS) is 11.5. The van der Waals surface area contributed by atoms with Crippen LogP contribution in [0.3, 0.4) is 0 Å². The number of esters is 2. The molecule has 0 heterocycles. The maximum Gasteiger partial charge on any atom is 0.343 e. The third-order valence-electron chi connectivity index (χ3n) is 6.59. The summed E-state index contributed by atoms with van der Waals surface area (Å²) in [7, 11) is 0. The van der Waals surface area contributed by atoms with Crippen molar-refractivity contribution in [3.8, 4) is 22.6 Å². The maximum absolute atomic E-state index is 12.7. The third-order valence-corrected chi connectivity index (χ3v) is 6.59. The number of carbonyl (C=O) groups is 3. The van der Waals surface area contributed by atoms with Crippen molar-refractivity contribution in [2.45, 2.75) is 78.2 Å². The maximum atomic E-state index is 12.7. The summed E-state index contributed by atoms with van der Waals surface area (Å²) in [6, 6.07) is 21.4. The first-order valence-corrected chi connectivity index (χ1v) is 14.3. The van der Waals surface area contributed by atoms with Crippen LogP contribution < -0.4 is 9.47 Å². The van der Waals surface area contributed by atoms with E-state index in [9.17, 15) is 14.4 Å². The lowest BCUT2D eigenvalue weighted by atomic mass is 10.0. The number of hydrogen-bond donors (Lipinski definition) is 0. The second-order valence-electron chi connectivity index (χ2n) is 9.88. The average Bonchev–Trinajstić information content (AvgIpc) is 2.97. The van der Waals surface area contributed by atoms with E-state index in [0.717, 1.165) is 49.2 Å². The van der Waals surface area contributed by atoms with Gasteiger partial charge in [-0.3, -0.25) is 9.59 Å². The number of ketones is 1. The predicted octanol–water partition coefficient (Wildman–Crippen LogP) is 8.23. The Labute approximate surface area is 237 Å². The van der Waals surface area contributed by atoms with Crippen LogP contribution in [0.5, 0.6) is 11.5 Å². The second kappa shape index (κ2) is 16.2. The molecule has 0 fully saturated rings. The monoisotopic (exact) mass is 544 g/mol. The molecule has 0 spiro atoms. The number of unbranched alkanes of at least 4 members (excludes halogenated alkanes) is 5. The van der Waals surface area contributed by atoms with Gasteiger partial charge < -0.3 is 14.2 Å². The van der Waals surface area contributed by atoms with Crippen LogP contribution >= 0.6 is 0 Å². The summed E-state index contributed by atoms with van der Waals surface area (Å²) in [6.45, 7) is 6.54. The summed E-state index contributed by atoms with van der Waals surface area (Å²) < 4.78 is 16.6. The van der Waals surface area contributed by atoms with Crippen LogP contribution in [0.4, 0.5) is 0 Å². The van der Waals surface area contributed by atoms with Gasteiger partial charge in [-0.05, 0) is 79.4 Å². The van der Waals surface area contributed by atoms with Gasteiger partial charge in [-0.2, -0.15) is 0 Å². The van der Waals surface area contributed by atoms with Crippen molar-refractivity contribution >= 4 is 17.7 Å². The molecule has 0 N–H and O–H groups in total. The van der Waals surface area contributed by atoms with Crippen molar-refractivity contribution in [3.05, 3.63) is 83.9 Å². The Hall–Kier alpha value is -3.93. The van der Waals surface area contributed by atoms with Crippen molar-refractivity contribution in [2.24, 2.45) is 0 Å². The van der Waals surface area contributed by atoms with E-state index < -0.39 is 12.1 Å². The fourth-order valence-electron chi connectivity index (χ4n) is 4.18. The molecular formula is C34H40O6. The van der Waals surface area contributed by atoms with E-state index in [-0.39, 0.29) is 11.8 Å². The lowest BCUT2D eigenvalue weighted by molar-refractivity contribution is -0.146. The highest BCUT2D eigenvalue weighted by atomic mass is 16.5. The highest BCUT2D eigenvalue weighted by Crippen LogP contribution is 2.24. The molecule has 0 aliphatic heterocycles. The van der Waals surface area contributed by atoms with E-state index in [0.29, 0.717) is 23.3 Å². The van der Waals surface area contributed by atoms with Gasteiger partial charge in [0.25, 0.3) is 0 Å². The third kappa shape index (κ3) is 9.67. The van der Waals surface area contributed by atoms with Gasteiger partial charge in [0.05, 0.1) is 12.2 Å². The number of hydrogen-bond acceptors (Lipinski definition) is 6. The van der Waals surface area contributed by atoms with Crippen LogP contribution in [0.25, 0.3) is 11.1 Å². The molecule has 0 radical (unpaired) electrons. The molecule has 3 aromatic rings. The fourth-order valence-corrected chi connectivity index (χ4v) is 4.18. The van der Waals surface area contributed by atoms with Crippen LogP contribution in [0.1, 0.15) is 92.9 Å².